The topological polar surface area (TPSA) is 70.2 Å². The van der Waals surface area contributed by atoms with Gasteiger partial charge in [-0.25, -0.2) is 4.79 Å². The Kier molecular flexibility index (Phi) is 2.96. The lowest BCUT2D eigenvalue weighted by molar-refractivity contribution is 0.0692. The third kappa shape index (κ3) is 1.65. The van der Waals surface area contributed by atoms with Crippen molar-refractivity contribution in [1.82, 2.24) is 4.98 Å². The molecule has 0 aromatic carbocycles. The number of Topliss-reactive ketones (excluding diaryl/α,β-unsaturated/α-hetero) is 1. The van der Waals surface area contributed by atoms with Crippen LogP contribution in [0.3, 0.4) is 0 Å². The first kappa shape index (κ1) is 10.8. The van der Waals surface area contributed by atoms with Gasteiger partial charge in [-0.05, 0) is 13.8 Å². The molecule has 1 aromatic heterocycles. The van der Waals surface area contributed by atoms with E-state index in [4.69, 9.17) is 16.7 Å². The number of H-pyrrole nitrogens is 1. The lowest BCUT2D eigenvalue weighted by atomic mass is 10.1. The average molecular weight is 216 g/mol. The van der Waals surface area contributed by atoms with Crippen molar-refractivity contribution in [1.29, 1.82) is 0 Å². The first-order chi connectivity index (χ1) is 6.49. The van der Waals surface area contributed by atoms with Crippen molar-refractivity contribution in [3.05, 3.63) is 22.5 Å². The van der Waals surface area contributed by atoms with E-state index in [0.717, 1.165) is 0 Å². The molecule has 2 N–H and O–H groups in total. The van der Waals surface area contributed by atoms with E-state index in [0.29, 0.717) is 11.4 Å². The Balaban J connectivity index is 3.39. The molecule has 76 valence electrons. The highest BCUT2D eigenvalue weighted by Gasteiger charge is 2.22. The zero-order chi connectivity index (χ0) is 10.9. The SMILES string of the molecule is Cc1[nH]c(C)c(C(=O)CCl)c1C(=O)O. The molecule has 0 bridgehead atoms. The van der Waals surface area contributed by atoms with Crippen LogP contribution in [0.2, 0.25) is 0 Å². The van der Waals surface area contributed by atoms with E-state index >= 15 is 0 Å². The second kappa shape index (κ2) is 3.84. The number of aromatic nitrogens is 1. The van der Waals surface area contributed by atoms with Gasteiger partial charge in [0, 0.05) is 11.4 Å². The molecule has 0 aliphatic carbocycles. The van der Waals surface area contributed by atoms with Gasteiger partial charge in [0.25, 0.3) is 0 Å². The van der Waals surface area contributed by atoms with Crippen LogP contribution in [0.25, 0.3) is 0 Å². The summed E-state index contributed by atoms with van der Waals surface area (Å²) < 4.78 is 0. The number of halogens is 1. The van der Waals surface area contributed by atoms with Crippen LogP contribution in [0.1, 0.15) is 32.1 Å². The van der Waals surface area contributed by atoms with Crippen molar-refractivity contribution in [3.8, 4) is 0 Å². The normalized spacial score (nSPS) is 10.2. The van der Waals surface area contributed by atoms with E-state index < -0.39 is 5.97 Å². The van der Waals surface area contributed by atoms with Gasteiger partial charge in [-0.2, -0.15) is 0 Å². The molecule has 0 unspecified atom stereocenters. The molecular weight excluding hydrogens is 206 g/mol. The second-order valence-electron chi connectivity index (χ2n) is 2.99. The van der Waals surface area contributed by atoms with Crippen LogP contribution in [0.15, 0.2) is 0 Å². The van der Waals surface area contributed by atoms with E-state index in [1.807, 2.05) is 0 Å². The van der Waals surface area contributed by atoms with Crippen LogP contribution in [-0.2, 0) is 0 Å². The van der Waals surface area contributed by atoms with Gasteiger partial charge in [-0.3, -0.25) is 4.79 Å². The Morgan fingerprint density at radius 3 is 2.21 bits per heavy atom. The van der Waals surface area contributed by atoms with E-state index in [1.165, 1.54) is 0 Å². The second-order valence-corrected chi connectivity index (χ2v) is 3.25. The number of ketones is 1. The summed E-state index contributed by atoms with van der Waals surface area (Å²) in [6.45, 7) is 3.26. The van der Waals surface area contributed by atoms with E-state index in [9.17, 15) is 9.59 Å². The highest BCUT2D eigenvalue weighted by molar-refractivity contribution is 6.31. The lowest BCUT2D eigenvalue weighted by Gasteiger charge is -1.98. The molecule has 0 saturated carbocycles. The van der Waals surface area contributed by atoms with Gasteiger partial charge in [0.1, 0.15) is 0 Å². The Labute approximate surface area is 85.9 Å². The van der Waals surface area contributed by atoms with Crippen molar-refractivity contribution < 1.29 is 14.7 Å². The molecule has 0 atom stereocenters. The van der Waals surface area contributed by atoms with Crippen molar-refractivity contribution in [2.45, 2.75) is 13.8 Å². The summed E-state index contributed by atoms with van der Waals surface area (Å²) in [4.78, 5) is 25.0. The van der Waals surface area contributed by atoms with E-state index in [2.05, 4.69) is 4.98 Å². The van der Waals surface area contributed by atoms with Gasteiger partial charge in [0.15, 0.2) is 5.78 Å². The minimum Gasteiger partial charge on any atom is -0.478 e. The summed E-state index contributed by atoms with van der Waals surface area (Å²) in [7, 11) is 0. The fourth-order valence-electron chi connectivity index (χ4n) is 1.46. The number of carboxylic acids is 1. The highest BCUT2D eigenvalue weighted by Crippen LogP contribution is 2.19. The first-order valence-corrected chi connectivity index (χ1v) is 4.54. The monoisotopic (exact) mass is 215 g/mol. The zero-order valence-corrected chi connectivity index (χ0v) is 8.60. The Morgan fingerprint density at radius 1 is 1.29 bits per heavy atom. The predicted molar refractivity (Wildman–Crippen MR) is 52.3 cm³/mol. The number of alkyl halides is 1. The van der Waals surface area contributed by atoms with Gasteiger partial charge in [0.05, 0.1) is 17.0 Å². The molecule has 1 aromatic rings. The lowest BCUT2D eigenvalue weighted by Crippen LogP contribution is -2.09. The van der Waals surface area contributed by atoms with Crippen molar-refractivity contribution in [2.75, 3.05) is 5.88 Å². The van der Waals surface area contributed by atoms with Gasteiger partial charge in [0.2, 0.25) is 0 Å². The minimum atomic E-state index is -1.11. The molecule has 0 aliphatic rings. The summed E-state index contributed by atoms with van der Waals surface area (Å²) in [5.41, 5.74) is 1.23. The minimum absolute atomic E-state index is 0.0214. The van der Waals surface area contributed by atoms with Crippen molar-refractivity contribution in [3.63, 3.8) is 0 Å². The standard InChI is InChI=1S/C9H10ClNO3/c1-4-7(6(12)3-10)8(9(13)14)5(2)11-4/h11H,3H2,1-2H3,(H,13,14). The van der Waals surface area contributed by atoms with Crippen LogP contribution in [0.4, 0.5) is 0 Å². The summed E-state index contributed by atoms with van der Waals surface area (Å²) in [6.07, 6.45) is 0. The Hall–Kier alpha value is -1.29. The van der Waals surface area contributed by atoms with Crippen LogP contribution in [0.5, 0.6) is 0 Å². The number of aryl methyl sites for hydroxylation is 2. The third-order valence-electron chi connectivity index (χ3n) is 1.99. The smallest absolute Gasteiger partial charge is 0.338 e. The maximum absolute atomic E-state index is 11.4. The van der Waals surface area contributed by atoms with Gasteiger partial charge < -0.3 is 10.1 Å². The first-order valence-electron chi connectivity index (χ1n) is 4.00. The molecule has 0 fully saturated rings. The molecule has 1 heterocycles. The molecule has 0 saturated heterocycles. The quantitative estimate of drug-likeness (QED) is 0.596. The van der Waals surface area contributed by atoms with Crippen molar-refractivity contribution in [2.24, 2.45) is 0 Å². The number of carboxylic acid groups (broad SMARTS) is 1. The molecule has 0 aliphatic heterocycles. The van der Waals surface area contributed by atoms with Gasteiger partial charge in [-0.15, -0.1) is 11.6 Å². The van der Waals surface area contributed by atoms with Gasteiger partial charge in [-0.1, -0.05) is 0 Å². The number of rotatable bonds is 3. The van der Waals surface area contributed by atoms with Gasteiger partial charge >= 0.3 is 5.97 Å². The van der Waals surface area contributed by atoms with Crippen LogP contribution in [-0.4, -0.2) is 27.7 Å². The summed E-state index contributed by atoms with van der Waals surface area (Å²) in [6, 6.07) is 0. The molecule has 14 heavy (non-hydrogen) atoms. The number of carbonyl (C=O) groups is 2. The highest BCUT2D eigenvalue weighted by atomic mass is 35.5. The number of aromatic amines is 1. The number of aromatic carboxylic acids is 1. The maximum atomic E-state index is 11.4. The van der Waals surface area contributed by atoms with Crippen LogP contribution < -0.4 is 0 Å². The third-order valence-corrected chi connectivity index (χ3v) is 2.23. The number of nitrogens with one attached hydrogen (secondary N) is 1. The summed E-state index contributed by atoms with van der Waals surface area (Å²) in [5.74, 6) is -1.69. The number of hydrogen-bond acceptors (Lipinski definition) is 2. The van der Waals surface area contributed by atoms with Crippen LogP contribution >= 0.6 is 11.6 Å². The number of carbonyl (C=O) groups excluding carboxylic acids is 1. The zero-order valence-electron chi connectivity index (χ0n) is 7.85. The number of hydrogen-bond donors (Lipinski definition) is 2. The molecule has 0 amide bonds. The molecule has 0 radical (unpaired) electrons. The molecule has 4 nitrogen and oxygen atoms in total. The molecule has 0 spiro atoms. The maximum Gasteiger partial charge on any atom is 0.338 e. The predicted octanol–water partition coefficient (Wildman–Crippen LogP) is 1.75. The van der Waals surface area contributed by atoms with E-state index in [-0.39, 0.29) is 22.8 Å². The van der Waals surface area contributed by atoms with E-state index in [1.54, 1.807) is 13.8 Å². The fraction of sp³-hybridized carbons (Fsp3) is 0.333. The van der Waals surface area contributed by atoms with Crippen molar-refractivity contribution >= 4 is 23.4 Å². The fourth-order valence-corrected chi connectivity index (χ4v) is 1.60. The molecular formula is C9H10ClNO3. The molecule has 1 rings (SSSR count). The summed E-state index contributed by atoms with van der Waals surface area (Å²) in [5, 5.41) is 8.89. The largest absolute Gasteiger partial charge is 0.478 e. The van der Waals surface area contributed by atoms with Crippen LogP contribution in [0, 0.1) is 13.8 Å². The molecule has 5 heteroatoms. The Morgan fingerprint density at radius 2 is 1.79 bits per heavy atom. The average Bonchev–Trinajstić information content (AvgIpc) is 2.39. The Bertz CT molecular complexity index is 395. The summed E-state index contributed by atoms with van der Waals surface area (Å²) >= 11 is 5.39.